The van der Waals surface area contributed by atoms with E-state index in [9.17, 15) is 14.3 Å². The van der Waals surface area contributed by atoms with E-state index in [1.165, 1.54) is 4.90 Å². The average molecular weight is 701 g/mol. The normalized spacial score (nSPS) is 22.5. The zero-order chi connectivity index (χ0) is 34.3. The average Bonchev–Trinajstić information content (AvgIpc) is 3.85. The number of aryl methyl sites for hydroxylation is 1. The van der Waals surface area contributed by atoms with Crippen LogP contribution in [0.2, 0.25) is 5.02 Å². The molecule has 4 aliphatic rings. The summed E-state index contributed by atoms with van der Waals surface area (Å²) in [5.41, 5.74) is 7.63. The second-order valence-corrected chi connectivity index (χ2v) is 15.4. The summed E-state index contributed by atoms with van der Waals surface area (Å²) in [7, 11) is 0. The van der Waals surface area contributed by atoms with Crippen LogP contribution in [0.3, 0.4) is 0 Å². The number of alkyl halides is 1. The summed E-state index contributed by atoms with van der Waals surface area (Å²) in [6.45, 7) is 8.81. The van der Waals surface area contributed by atoms with Crippen LogP contribution in [0.4, 0.5) is 9.18 Å². The molecule has 9 rings (SSSR count). The Kier molecular flexibility index (Phi) is 7.70. The number of nitrogens with zero attached hydrogens (tertiary/aromatic N) is 8. The van der Waals surface area contributed by atoms with E-state index in [-0.39, 0.29) is 17.7 Å². The number of amides is 1. The van der Waals surface area contributed by atoms with E-state index in [1.54, 1.807) is 0 Å². The number of benzene rings is 2. The molecule has 1 aliphatic carbocycles. The molecule has 1 spiro atoms. The fourth-order valence-corrected chi connectivity index (χ4v) is 9.15. The van der Waals surface area contributed by atoms with Crippen LogP contribution in [0.5, 0.6) is 0 Å². The molecule has 13 heteroatoms. The minimum atomic E-state index is -0.848. The third-order valence-corrected chi connectivity index (χ3v) is 12.0. The third-order valence-electron chi connectivity index (χ3n) is 11.5. The first-order valence-corrected chi connectivity index (χ1v) is 18.2. The zero-order valence-electron chi connectivity index (χ0n) is 28.5. The standard InChI is InChI=1S/C37H42ClFN8O3/c1-22-13-30-28(17-40-47(30)31-5-3-4-12-50-31)33(34(22)38)32-23(2)46(27-15-37(16-27)20-44(21-37)36(48)49)42-35(32)24-6-7-29-25(14-24)18-45(41-29)11-10-43-9-8-26(39)19-43/h6-7,13-14,17-18,26-27,31H,3-5,8-12,15-16,19-21H2,1-2H3,(H,48,49). The predicted molar refractivity (Wildman–Crippen MR) is 189 cm³/mol. The molecule has 2 aromatic carbocycles. The Bertz CT molecular complexity index is 2120. The number of hydrogen-bond acceptors (Lipinski definition) is 6. The lowest BCUT2D eigenvalue weighted by Gasteiger charge is -2.58. The van der Waals surface area contributed by atoms with Crippen molar-refractivity contribution in [3.05, 3.63) is 52.9 Å². The zero-order valence-corrected chi connectivity index (χ0v) is 29.2. The van der Waals surface area contributed by atoms with Crippen molar-refractivity contribution in [3.8, 4) is 22.4 Å². The van der Waals surface area contributed by atoms with E-state index in [2.05, 4.69) is 40.9 Å². The highest BCUT2D eigenvalue weighted by Crippen LogP contribution is 2.55. The highest BCUT2D eigenvalue weighted by molar-refractivity contribution is 6.36. The van der Waals surface area contributed by atoms with Crippen molar-refractivity contribution in [2.24, 2.45) is 5.41 Å². The Labute approximate surface area is 294 Å². The van der Waals surface area contributed by atoms with Crippen LogP contribution in [0.15, 0.2) is 36.7 Å². The number of hydrogen-bond donors (Lipinski definition) is 1. The van der Waals surface area contributed by atoms with E-state index in [1.807, 2.05) is 28.6 Å². The van der Waals surface area contributed by atoms with Gasteiger partial charge in [0.15, 0.2) is 6.23 Å². The van der Waals surface area contributed by atoms with E-state index in [4.69, 9.17) is 31.6 Å². The predicted octanol–water partition coefficient (Wildman–Crippen LogP) is 7.24. The van der Waals surface area contributed by atoms with Gasteiger partial charge in [-0.25, -0.2) is 13.9 Å². The maximum atomic E-state index is 13.7. The van der Waals surface area contributed by atoms with Crippen LogP contribution in [0, 0.1) is 19.3 Å². The summed E-state index contributed by atoms with van der Waals surface area (Å²) in [5.74, 6) is 0. The molecule has 1 N–H and O–H groups in total. The molecule has 1 amide bonds. The molecular weight excluding hydrogens is 659 g/mol. The van der Waals surface area contributed by atoms with E-state index in [0.29, 0.717) is 37.6 Å². The number of ether oxygens (including phenoxy) is 1. The number of rotatable bonds is 7. The van der Waals surface area contributed by atoms with Gasteiger partial charge in [-0.15, -0.1) is 0 Å². The van der Waals surface area contributed by atoms with Gasteiger partial charge in [0, 0.05) is 84.1 Å². The van der Waals surface area contributed by atoms with Gasteiger partial charge in [-0.3, -0.25) is 14.3 Å². The van der Waals surface area contributed by atoms with Crippen molar-refractivity contribution >= 4 is 39.5 Å². The Balaban J connectivity index is 1.12. The first-order valence-electron chi connectivity index (χ1n) is 17.9. The lowest BCUT2D eigenvalue weighted by molar-refractivity contribution is -0.0775. The van der Waals surface area contributed by atoms with Crippen molar-refractivity contribution in [2.45, 2.75) is 77.4 Å². The van der Waals surface area contributed by atoms with Gasteiger partial charge in [0.05, 0.1) is 34.8 Å². The van der Waals surface area contributed by atoms with Crippen LogP contribution in [-0.4, -0.2) is 95.8 Å². The van der Waals surface area contributed by atoms with E-state index < -0.39 is 12.3 Å². The minimum Gasteiger partial charge on any atom is -0.465 e. The monoisotopic (exact) mass is 700 g/mol. The molecule has 50 heavy (non-hydrogen) atoms. The summed E-state index contributed by atoms with van der Waals surface area (Å²) in [6.07, 6.45) is 7.75. The van der Waals surface area contributed by atoms with Gasteiger partial charge >= 0.3 is 6.09 Å². The quantitative estimate of drug-likeness (QED) is 0.191. The highest BCUT2D eigenvalue weighted by Gasteiger charge is 2.55. The molecule has 4 fully saturated rings. The van der Waals surface area contributed by atoms with Gasteiger partial charge in [-0.1, -0.05) is 17.7 Å². The van der Waals surface area contributed by atoms with Gasteiger partial charge in [0.1, 0.15) is 11.9 Å². The minimum absolute atomic E-state index is 0.0326. The molecule has 2 unspecified atom stereocenters. The third kappa shape index (κ3) is 5.29. The molecule has 0 bridgehead atoms. The molecule has 5 aromatic rings. The maximum absolute atomic E-state index is 13.7. The molecule has 1 saturated carbocycles. The second kappa shape index (κ2) is 12.1. The number of carboxylic acid groups (broad SMARTS) is 1. The summed E-state index contributed by atoms with van der Waals surface area (Å²) in [6, 6.07) is 8.56. The van der Waals surface area contributed by atoms with Crippen LogP contribution in [-0.2, 0) is 11.3 Å². The van der Waals surface area contributed by atoms with Crippen LogP contribution in [0.1, 0.15) is 62.1 Å². The smallest absolute Gasteiger partial charge is 0.407 e. The Hall–Kier alpha value is -4.00. The van der Waals surface area contributed by atoms with Crippen molar-refractivity contribution in [3.63, 3.8) is 0 Å². The Morgan fingerprint density at radius 3 is 2.66 bits per heavy atom. The van der Waals surface area contributed by atoms with Gasteiger partial charge in [-0.2, -0.15) is 15.3 Å². The topological polar surface area (TPSA) is 106 Å². The highest BCUT2D eigenvalue weighted by atomic mass is 35.5. The van der Waals surface area contributed by atoms with Crippen LogP contribution >= 0.6 is 11.6 Å². The first-order chi connectivity index (χ1) is 24.2. The van der Waals surface area contributed by atoms with E-state index in [0.717, 1.165) is 107 Å². The number of likely N-dealkylation sites (tertiary alicyclic amines) is 2. The van der Waals surface area contributed by atoms with Crippen molar-refractivity contribution in [1.82, 2.24) is 39.1 Å². The van der Waals surface area contributed by atoms with Crippen molar-refractivity contribution in [1.29, 1.82) is 0 Å². The molecule has 3 aromatic heterocycles. The summed E-state index contributed by atoms with van der Waals surface area (Å²) in [4.78, 5) is 15.2. The molecule has 3 aliphatic heterocycles. The molecule has 6 heterocycles. The molecule has 262 valence electrons. The number of aromatic nitrogens is 6. The number of carbonyl (C=O) groups is 1. The molecule has 3 saturated heterocycles. The van der Waals surface area contributed by atoms with Crippen LogP contribution < -0.4 is 0 Å². The van der Waals surface area contributed by atoms with E-state index >= 15 is 0 Å². The number of halogens is 2. The SMILES string of the molecule is Cc1cc2c(cnn2C2CCCCO2)c(-c2c(-c3ccc4nn(CCN5CCC(F)C5)cc4c3)nn(C3CC4(C3)CN(C(=O)O)C4)c2C)c1Cl. The largest absolute Gasteiger partial charge is 0.465 e. The molecular formula is C37H42ClFN8O3. The summed E-state index contributed by atoms with van der Waals surface area (Å²) < 4.78 is 26.0. The van der Waals surface area contributed by atoms with Gasteiger partial charge < -0.3 is 14.7 Å². The lowest BCUT2D eigenvalue weighted by Crippen LogP contribution is -2.63. The first kappa shape index (κ1) is 31.9. The van der Waals surface area contributed by atoms with Gasteiger partial charge in [0.25, 0.3) is 0 Å². The van der Waals surface area contributed by atoms with Crippen LogP contribution in [0.25, 0.3) is 44.2 Å². The Morgan fingerprint density at radius 2 is 1.92 bits per heavy atom. The van der Waals surface area contributed by atoms with Crippen molar-refractivity contribution < 1.29 is 19.0 Å². The summed E-state index contributed by atoms with van der Waals surface area (Å²) >= 11 is 7.28. The number of fused-ring (bicyclic) bond motifs is 2. The van der Waals surface area contributed by atoms with Crippen molar-refractivity contribution in [2.75, 3.05) is 39.3 Å². The second-order valence-electron chi connectivity index (χ2n) is 15.0. The molecule has 2 atom stereocenters. The maximum Gasteiger partial charge on any atom is 0.407 e. The lowest BCUT2D eigenvalue weighted by atomic mass is 9.61. The van der Waals surface area contributed by atoms with Gasteiger partial charge in [-0.05, 0) is 76.1 Å². The molecule has 11 nitrogen and oxygen atoms in total. The summed E-state index contributed by atoms with van der Waals surface area (Å²) in [5, 5.41) is 27.1. The van der Waals surface area contributed by atoms with Gasteiger partial charge in [0.2, 0.25) is 0 Å². The fraction of sp³-hybridized carbons (Fsp3) is 0.514. The fourth-order valence-electron chi connectivity index (χ4n) is 8.90. The molecule has 0 radical (unpaired) electrons. The Morgan fingerprint density at radius 1 is 1.08 bits per heavy atom.